The third-order valence-electron chi connectivity index (χ3n) is 4.59. The second-order valence-electron chi connectivity index (χ2n) is 6.70. The Bertz CT molecular complexity index is 1100. The van der Waals surface area contributed by atoms with Gasteiger partial charge in [-0.2, -0.15) is 0 Å². The van der Waals surface area contributed by atoms with Crippen LogP contribution in [0.25, 0.3) is 10.2 Å². The summed E-state index contributed by atoms with van der Waals surface area (Å²) in [7, 11) is 0. The highest BCUT2D eigenvalue weighted by atomic mass is 35.5. The van der Waals surface area contributed by atoms with E-state index < -0.39 is 0 Å². The Hall–Kier alpha value is -2.83. The van der Waals surface area contributed by atoms with Gasteiger partial charge >= 0.3 is 0 Å². The molecule has 2 heterocycles. The maximum atomic E-state index is 13.0. The number of carbonyl (C=O) groups is 1. The Balaban J connectivity index is 1.60. The van der Waals surface area contributed by atoms with Gasteiger partial charge in [0.05, 0.1) is 23.0 Å². The number of anilines is 1. The van der Waals surface area contributed by atoms with Crippen molar-refractivity contribution >= 4 is 44.2 Å². The maximum Gasteiger partial charge on any atom is 0.267 e. The number of amides is 1. The second-order valence-corrected chi connectivity index (χ2v) is 8.15. The van der Waals surface area contributed by atoms with Gasteiger partial charge in [0.25, 0.3) is 5.91 Å². The van der Waals surface area contributed by atoms with E-state index in [1.807, 2.05) is 12.1 Å². The minimum absolute atomic E-state index is 0.115. The SMILES string of the molecule is Cc1cc2nc(N(Cc3ccco3)C(=O)COc3ccc(Cl)cc3)sc2cc1C. The number of rotatable bonds is 6. The number of furan rings is 1. The highest BCUT2D eigenvalue weighted by Crippen LogP contribution is 2.32. The van der Waals surface area contributed by atoms with Gasteiger partial charge in [-0.3, -0.25) is 9.69 Å². The van der Waals surface area contributed by atoms with Crippen molar-refractivity contribution in [2.75, 3.05) is 11.5 Å². The Kier molecular flexibility index (Phi) is 5.56. The molecule has 7 heteroatoms. The Labute approximate surface area is 177 Å². The van der Waals surface area contributed by atoms with Crippen LogP contribution in [-0.4, -0.2) is 17.5 Å². The van der Waals surface area contributed by atoms with E-state index in [1.54, 1.807) is 41.5 Å². The standard InChI is InChI=1S/C22H19ClN2O3S/c1-14-10-19-20(11-15(14)2)29-22(24-19)25(12-18-4-3-9-27-18)21(26)13-28-17-7-5-16(23)6-8-17/h3-11H,12-13H2,1-2H3. The quantitative estimate of drug-likeness (QED) is 0.392. The Morgan fingerprint density at radius 1 is 1.17 bits per heavy atom. The van der Waals surface area contributed by atoms with Crippen molar-refractivity contribution in [2.24, 2.45) is 0 Å². The molecule has 0 radical (unpaired) electrons. The van der Waals surface area contributed by atoms with Gasteiger partial charge in [0.1, 0.15) is 11.5 Å². The number of fused-ring (bicyclic) bond motifs is 1. The van der Waals surface area contributed by atoms with Crippen molar-refractivity contribution in [3.63, 3.8) is 0 Å². The lowest BCUT2D eigenvalue weighted by Gasteiger charge is -2.19. The van der Waals surface area contributed by atoms with Crippen molar-refractivity contribution in [1.29, 1.82) is 0 Å². The number of aryl methyl sites for hydroxylation is 2. The fourth-order valence-corrected chi connectivity index (χ4v) is 4.05. The van der Waals surface area contributed by atoms with Crippen LogP contribution in [0, 0.1) is 13.8 Å². The first-order valence-corrected chi connectivity index (χ1v) is 10.3. The predicted molar refractivity (Wildman–Crippen MR) is 116 cm³/mol. The number of carbonyl (C=O) groups excluding carboxylic acids is 1. The molecule has 0 atom stereocenters. The number of halogens is 1. The molecule has 2 aromatic heterocycles. The number of ether oxygens (including phenoxy) is 1. The molecule has 29 heavy (non-hydrogen) atoms. The fraction of sp³-hybridized carbons (Fsp3) is 0.182. The van der Waals surface area contributed by atoms with Crippen LogP contribution >= 0.6 is 22.9 Å². The molecule has 0 aliphatic heterocycles. The summed E-state index contributed by atoms with van der Waals surface area (Å²) in [5.74, 6) is 1.05. The van der Waals surface area contributed by atoms with Crippen LogP contribution in [0.4, 0.5) is 5.13 Å². The van der Waals surface area contributed by atoms with E-state index in [4.69, 9.17) is 25.7 Å². The van der Waals surface area contributed by atoms with E-state index in [1.165, 1.54) is 22.5 Å². The molecule has 0 bridgehead atoms. The first-order valence-electron chi connectivity index (χ1n) is 9.08. The van der Waals surface area contributed by atoms with Gasteiger partial charge in [-0.05, 0) is 73.5 Å². The monoisotopic (exact) mass is 426 g/mol. The molecule has 0 unspecified atom stereocenters. The highest BCUT2D eigenvalue weighted by molar-refractivity contribution is 7.22. The molecule has 148 valence electrons. The maximum absolute atomic E-state index is 13.0. The molecule has 0 spiro atoms. The average molecular weight is 427 g/mol. The van der Waals surface area contributed by atoms with Crippen molar-refractivity contribution in [1.82, 2.24) is 4.98 Å². The number of nitrogens with zero attached hydrogens (tertiary/aromatic N) is 2. The lowest BCUT2D eigenvalue weighted by atomic mass is 10.1. The number of thiazole rings is 1. The summed E-state index contributed by atoms with van der Waals surface area (Å²) in [5.41, 5.74) is 3.25. The lowest BCUT2D eigenvalue weighted by molar-refractivity contribution is -0.120. The van der Waals surface area contributed by atoms with Crippen LogP contribution in [0.3, 0.4) is 0 Å². The zero-order valence-corrected chi connectivity index (χ0v) is 17.6. The molecular weight excluding hydrogens is 408 g/mol. The van der Waals surface area contributed by atoms with Crippen LogP contribution in [0.2, 0.25) is 5.02 Å². The van der Waals surface area contributed by atoms with E-state index in [2.05, 4.69) is 19.9 Å². The molecule has 0 aliphatic rings. The highest BCUT2D eigenvalue weighted by Gasteiger charge is 2.22. The number of hydrogen-bond donors (Lipinski definition) is 0. The van der Waals surface area contributed by atoms with E-state index >= 15 is 0 Å². The van der Waals surface area contributed by atoms with Gasteiger partial charge in [-0.1, -0.05) is 22.9 Å². The Morgan fingerprint density at radius 2 is 1.93 bits per heavy atom. The van der Waals surface area contributed by atoms with E-state index in [-0.39, 0.29) is 19.1 Å². The summed E-state index contributed by atoms with van der Waals surface area (Å²) in [6.07, 6.45) is 1.59. The minimum atomic E-state index is -0.205. The van der Waals surface area contributed by atoms with Crippen LogP contribution in [0.5, 0.6) is 5.75 Å². The summed E-state index contributed by atoms with van der Waals surface area (Å²) in [6.45, 7) is 4.29. The van der Waals surface area contributed by atoms with E-state index in [0.717, 1.165) is 10.2 Å². The predicted octanol–water partition coefficient (Wildman–Crippen LogP) is 5.77. The molecule has 5 nitrogen and oxygen atoms in total. The number of benzene rings is 2. The van der Waals surface area contributed by atoms with Gasteiger partial charge in [0, 0.05) is 5.02 Å². The van der Waals surface area contributed by atoms with Gasteiger partial charge in [-0.15, -0.1) is 0 Å². The molecule has 4 rings (SSSR count). The van der Waals surface area contributed by atoms with E-state index in [0.29, 0.717) is 21.7 Å². The molecule has 1 amide bonds. The smallest absolute Gasteiger partial charge is 0.267 e. The molecule has 0 fully saturated rings. The molecule has 0 aliphatic carbocycles. The zero-order chi connectivity index (χ0) is 20.4. The fourth-order valence-electron chi connectivity index (χ4n) is 2.86. The van der Waals surface area contributed by atoms with Crippen LogP contribution in [0.1, 0.15) is 16.9 Å². The summed E-state index contributed by atoms with van der Waals surface area (Å²) >= 11 is 7.38. The molecule has 0 saturated heterocycles. The van der Waals surface area contributed by atoms with Gasteiger partial charge < -0.3 is 9.15 Å². The summed E-state index contributed by atoms with van der Waals surface area (Å²) < 4.78 is 12.1. The molecular formula is C22H19ClN2O3S. The molecule has 2 aromatic carbocycles. The van der Waals surface area contributed by atoms with Crippen LogP contribution in [0.15, 0.2) is 59.2 Å². The molecule has 0 N–H and O–H groups in total. The normalized spacial score (nSPS) is 11.0. The number of aromatic nitrogens is 1. The summed E-state index contributed by atoms with van der Waals surface area (Å²) in [4.78, 5) is 19.3. The minimum Gasteiger partial charge on any atom is -0.484 e. The second kappa shape index (κ2) is 8.27. The largest absolute Gasteiger partial charge is 0.484 e. The zero-order valence-electron chi connectivity index (χ0n) is 16.0. The average Bonchev–Trinajstić information content (AvgIpc) is 3.35. The third kappa shape index (κ3) is 4.44. The van der Waals surface area contributed by atoms with Crippen molar-refractivity contribution in [3.05, 3.63) is 76.7 Å². The Morgan fingerprint density at radius 3 is 2.66 bits per heavy atom. The van der Waals surface area contributed by atoms with Gasteiger partial charge in [0.2, 0.25) is 0 Å². The first-order chi connectivity index (χ1) is 14.0. The van der Waals surface area contributed by atoms with Crippen LogP contribution in [-0.2, 0) is 11.3 Å². The first kappa shape index (κ1) is 19.5. The summed E-state index contributed by atoms with van der Waals surface area (Å²) in [6, 6.07) is 14.7. The third-order valence-corrected chi connectivity index (χ3v) is 5.89. The van der Waals surface area contributed by atoms with Gasteiger partial charge in [-0.25, -0.2) is 4.98 Å². The van der Waals surface area contributed by atoms with Crippen molar-refractivity contribution in [2.45, 2.75) is 20.4 Å². The summed E-state index contributed by atoms with van der Waals surface area (Å²) in [5, 5.41) is 1.23. The van der Waals surface area contributed by atoms with E-state index in [9.17, 15) is 4.79 Å². The van der Waals surface area contributed by atoms with Crippen LogP contribution < -0.4 is 9.64 Å². The topological polar surface area (TPSA) is 55.6 Å². The van der Waals surface area contributed by atoms with Crippen molar-refractivity contribution in [3.8, 4) is 5.75 Å². The molecule has 0 saturated carbocycles. The molecule has 4 aromatic rings. The van der Waals surface area contributed by atoms with Gasteiger partial charge in [0.15, 0.2) is 11.7 Å². The lowest BCUT2D eigenvalue weighted by Crippen LogP contribution is -2.34. The van der Waals surface area contributed by atoms with Crippen molar-refractivity contribution < 1.29 is 13.9 Å². The number of hydrogen-bond acceptors (Lipinski definition) is 5.